The molecule has 7 nitrogen and oxygen atoms in total. The first-order valence-corrected chi connectivity index (χ1v) is 11.7. The van der Waals surface area contributed by atoms with Gasteiger partial charge in [-0.05, 0) is 42.5 Å². The molecule has 0 atom stereocenters. The summed E-state index contributed by atoms with van der Waals surface area (Å²) in [6, 6.07) is 17.9. The van der Waals surface area contributed by atoms with E-state index in [9.17, 15) is 20.0 Å². The van der Waals surface area contributed by atoms with Crippen LogP contribution >= 0.6 is 11.3 Å². The molecule has 2 aromatic heterocycles. The summed E-state index contributed by atoms with van der Waals surface area (Å²) in [7, 11) is 0. The quantitative estimate of drug-likeness (QED) is 0.286. The summed E-state index contributed by atoms with van der Waals surface area (Å²) in [6.07, 6.45) is 2.02. The third-order valence-corrected chi connectivity index (χ3v) is 7.11. The van der Waals surface area contributed by atoms with Crippen LogP contribution in [0.25, 0.3) is 33.0 Å². The molecule has 0 spiro atoms. The Morgan fingerprint density at radius 2 is 1.91 bits per heavy atom. The van der Waals surface area contributed by atoms with Gasteiger partial charge in [0.1, 0.15) is 0 Å². The van der Waals surface area contributed by atoms with E-state index in [1.165, 1.54) is 17.4 Å². The van der Waals surface area contributed by atoms with E-state index < -0.39 is 5.97 Å². The molecule has 3 heterocycles. The lowest BCUT2D eigenvalue weighted by atomic mass is 9.92. The molecule has 1 N–H and O–H groups in total. The minimum Gasteiger partial charge on any atom is -0.478 e. The van der Waals surface area contributed by atoms with Crippen LogP contribution in [0.15, 0.2) is 60.7 Å². The van der Waals surface area contributed by atoms with Gasteiger partial charge in [0.2, 0.25) is 0 Å². The summed E-state index contributed by atoms with van der Waals surface area (Å²) in [5.74, 6) is -0.957. The predicted molar refractivity (Wildman–Crippen MR) is 134 cm³/mol. The Balaban J connectivity index is 1.65. The highest BCUT2D eigenvalue weighted by atomic mass is 32.1. The smallest absolute Gasteiger partial charge is 0.336 e. The lowest BCUT2D eigenvalue weighted by Crippen LogP contribution is -2.31. The number of thiophene rings is 1. The maximum absolute atomic E-state index is 12.3. The first kappa shape index (κ1) is 21.9. The van der Waals surface area contributed by atoms with Crippen LogP contribution in [0.4, 0.5) is 5.69 Å². The van der Waals surface area contributed by atoms with Gasteiger partial charge in [0, 0.05) is 39.9 Å². The standard InChI is InChI=1S/C26H21N3O4S/c1-2-28-14-16(13-17-11-12-23(34-17)19-8-4-6-10-22(19)29(32)33)25-20(15-28)24(26(30)31)18-7-3-5-9-21(18)27-25/h3-13H,2,14-15H2,1H3,(H,30,31)/b16-13+. The zero-order valence-electron chi connectivity index (χ0n) is 18.4. The summed E-state index contributed by atoms with van der Waals surface area (Å²) in [5.41, 5.74) is 3.98. The fourth-order valence-corrected chi connectivity index (χ4v) is 5.45. The van der Waals surface area contributed by atoms with E-state index in [-0.39, 0.29) is 10.6 Å². The molecule has 0 saturated heterocycles. The number of benzene rings is 2. The van der Waals surface area contributed by atoms with Crippen molar-refractivity contribution in [2.24, 2.45) is 0 Å². The van der Waals surface area contributed by atoms with Gasteiger partial charge in [-0.2, -0.15) is 0 Å². The van der Waals surface area contributed by atoms with E-state index in [1.807, 2.05) is 36.4 Å². The Hall–Kier alpha value is -3.88. The van der Waals surface area contributed by atoms with Gasteiger partial charge in [0.05, 0.1) is 27.3 Å². The van der Waals surface area contributed by atoms with Crippen molar-refractivity contribution in [1.82, 2.24) is 9.88 Å². The molecule has 1 aliphatic rings. The van der Waals surface area contributed by atoms with Crippen LogP contribution in [-0.2, 0) is 6.54 Å². The minimum atomic E-state index is -0.957. The Morgan fingerprint density at radius 1 is 1.15 bits per heavy atom. The average Bonchev–Trinajstić information content (AvgIpc) is 3.30. The number of aromatic nitrogens is 1. The fourth-order valence-electron chi connectivity index (χ4n) is 4.44. The highest BCUT2D eigenvalue weighted by Gasteiger charge is 2.28. The Bertz CT molecular complexity index is 1470. The molecule has 2 aromatic carbocycles. The summed E-state index contributed by atoms with van der Waals surface area (Å²) in [5, 5.41) is 22.2. The van der Waals surface area contributed by atoms with Gasteiger partial charge in [-0.15, -0.1) is 11.3 Å². The second-order valence-corrected chi connectivity index (χ2v) is 9.20. The van der Waals surface area contributed by atoms with Crippen molar-refractivity contribution >= 4 is 45.5 Å². The normalized spacial score (nSPS) is 14.9. The Morgan fingerprint density at radius 3 is 2.68 bits per heavy atom. The summed E-state index contributed by atoms with van der Waals surface area (Å²) in [6.45, 7) is 3.99. The van der Waals surface area contributed by atoms with E-state index in [0.717, 1.165) is 27.4 Å². The zero-order valence-corrected chi connectivity index (χ0v) is 19.2. The van der Waals surface area contributed by atoms with Crippen molar-refractivity contribution in [3.8, 4) is 10.4 Å². The number of hydrogen-bond donors (Lipinski definition) is 1. The Kier molecular flexibility index (Phi) is 5.69. The third kappa shape index (κ3) is 3.87. The van der Waals surface area contributed by atoms with Crippen molar-refractivity contribution in [3.05, 3.63) is 92.5 Å². The number of fused-ring (bicyclic) bond motifs is 2. The number of nitro benzene ring substituents is 1. The number of carbonyl (C=O) groups is 1. The highest BCUT2D eigenvalue weighted by Crippen LogP contribution is 2.38. The molecular weight excluding hydrogens is 450 g/mol. The molecule has 0 fully saturated rings. The van der Waals surface area contributed by atoms with Gasteiger partial charge in [-0.3, -0.25) is 15.0 Å². The lowest BCUT2D eigenvalue weighted by Gasteiger charge is -2.30. The summed E-state index contributed by atoms with van der Waals surface area (Å²) < 4.78 is 0. The number of pyridine rings is 1. The van der Waals surface area contributed by atoms with Crippen molar-refractivity contribution in [2.75, 3.05) is 13.1 Å². The second kappa shape index (κ2) is 8.81. The first-order chi connectivity index (χ1) is 16.5. The molecule has 0 aliphatic carbocycles. The van der Waals surface area contributed by atoms with Crippen molar-refractivity contribution in [1.29, 1.82) is 0 Å². The maximum Gasteiger partial charge on any atom is 0.336 e. The Labute approximate surface area is 199 Å². The molecule has 5 rings (SSSR count). The third-order valence-electron chi connectivity index (χ3n) is 6.04. The molecule has 34 heavy (non-hydrogen) atoms. The fraction of sp³-hybridized carbons (Fsp3) is 0.154. The number of aromatic carboxylic acids is 1. The number of carboxylic acid groups (broad SMARTS) is 1. The van der Waals surface area contributed by atoms with Gasteiger partial charge < -0.3 is 5.11 Å². The molecule has 0 saturated carbocycles. The van der Waals surface area contributed by atoms with Gasteiger partial charge in [0.15, 0.2) is 0 Å². The highest BCUT2D eigenvalue weighted by molar-refractivity contribution is 7.16. The molecule has 4 aromatic rings. The van der Waals surface area contributed by atoms with Gasteiger partial charge >= 0.3 is 5.97 Å². The molecule has 8 heteroatoms. The lowest BCUT2D eigenvalue weighted by molar-refractivity contribution is -0.384. The van der Waals surface area contributed by atoms with Gasteiger partial charge in [0.25, 0.3) is 5.69 Å². The van der Waals surface area contributed by atoms with Crippen LogP contribution in [-0.4, -0.2) is 39.0 Å². The van der Waals surface area contributed by atoms with Gasteiger partial charge in [-0.25, -0.2) is 9.78 Å². The van der Waals surface area contributed by atoms with E-state index in [1.54, 1.807) is 24.3 Å². The van der Waals surface area contributed by atoms with Crippen LogP contribution in [0, 0.1) is 10.1 Å². The topological polar surface area (TPSA) is 96.6 Å². The van der Waals surface area contributed by atoms with E-state index in [4.69, 9.17) is 4.98 Å². The summed E-state index contributed by atoms with van der Waals surface area (Å²) in [4.78, 5) is 32.2. The monoisotopic (exact) mass is 471 g/mol. The second-order valence-electron chi connectivity index (χ2n) is 8.09. The number of nitrogens with zero attached hydrogens (tertiary/aromatic N) is 3. The molecular formula is C26H21N3O4S. The number of para-hydroxylation sites is 2. The predicted octanol–water partition coefficient (Wildman–Crippen LogP) is 5.95. The van der Waals surface area contributed by atoms with Crippen LogP contribution in [0.2, 0.25) is 0 Å². The number of hydrogen-bond acceptors (Lipinski definition) is 6. The molecule has 0 radical (unpaired) electrons. The van der Waals surface area contributed by atoms with E-state index in [0.29, 0.717) is 40.8 Å². The number of rotatable bonds is 5. The largest absolute Gasteiger partial charge is 0.478 e. The van der Waals surface area contributed by atoms with E-state index >= 15 is 0 Å². The van der Waals surface area contributed by atoms with Crippen molar-refractivity contribution < 1.29 is 14.8 Å². The van der Waals surface area contributed by atoms with Crippen LogP contribution in [0.1, 0.15) is 33.4 Å². The first-order valence-electron chi connectivity index (χ1n) is 10.9. The SMILES string of the molecule is CCN1C/C(=C\c2ccc(-c3ccccc3[N+](=O)[O-])s2)c2nc3ccccc3c(C(=O)O)c2C1. The van der Waals surface area contributed by atoms with Crippen LogP contribution in [0.5, 0.6) is 0 Å². The average molecular weight is 472 g/mol. The van der Waals surface area contributed by atoms with Crippen molar-refractivity contribution in [2.45, 2.75) is 13.5 Å². The van der Waals surface area contributed by atoms with E-state index in [2.05, 4.69) is 11.8 Å². The molecule has 0 amide bonds. The maximum atomic E-state index is 12.3. The molecule has 170 valence electrons. The molecule has 1 aliphatic heterocycles. The molecule has 0 unspecified atom stereocenters. The van der Waals surface area contributed by atoms with Crippen LogP contribution in [0.3, 0.4) is 0 Å². The minimum absolute atomic E-state index is 0.0722. The van der Waals surface area contributed by atoms with Crippen LogP contribution < -0.4 is 0 Å². The summed E-state index contributed by atoms with van der Waals surface area (Å²) >= 11 is 1.47. The number of likely N-dealkylation sites (N-methyl/N-ethyl adjacent to an activating group) is 1. The number of carboxylic acids is 1. The number of nitro groups is 1. The molecule has 0 bridgehead atoms. The zero-order chi connectivity index (χ0) is 23.8. The van der Waals surface area contributed by atoms with Gasteiger partial charge in [-0.1, -0.05) is 37.3 Å². The van der Waals surface area contributed by atoms with Crippen molar-refractivity contribution in [3.63, 3.8) is 0 Å².